The van der Waals surface area contributed by atoms with E-state index in [0.29, 0.717) is 33.8 Å². The van der Waals surface area contributed by atoms with Crippen LogP contribution in [0.2, 0.25) is 0 Å². The van der Waals surface area contributed by atoms with Gasteiger partial charge in [-0.3, -0.25) is 14.5 Å². The third-order valence-electron chi connectivity index (χ3n) is 5.10. The Bertz CT molecular complexity index is 1400. The van der Waals surface area contributed by atoms with Crippen LogP contribution in [0.1, 0.15) is 29.8 Å². The topological polar surface area (TPSA) is 146 Å². The zero-order valence-corrected chi connectivity index (χ0v) is 18.7. The molecule has 12 heteroatoms. The van der Waals surface area contributed by atoms with Gasteiger partial charge in [0.05, 0.1) is 64.5 Å². The van der Waals surface area contributed by atoms with Crippen molar-refractivity contribution >= 4 is 22.9 Å². The van der Waals surface area contributed by atoms with Crippen molar-refractivity contribution in [1.29, 1.82) is 5.26 Å². The van der Waals surface area contributed by atoms with Crippen molar-refractivity contribution in [3.05, 3.63) is 54.4 Å². The van der Waals surface area contributed by atoms with Crippen molar-refractivity contribution in [1.82, 2.24) is 34.7 Å². The molecule has 0 aliphatic rings. The maximum Gasteiger partial charge on any atom is 0.255 e. The lowest BCUT2D eigenvalue weighted by atomic mass is 10.0. The third-order valence-corrected chi connectivity index (χ3v) is 5.10. The van der Waals surface area contributed by atoms with Gasteiger partial charge in [0.25, 0.3) is 5.91 Å². The van der Waals surface area contributed by atoms with E-state index in [2.05, 4.69) is 30.8 Å². The van der Waals surface area contributed by atoms with Gasteiger partial charge in [0.15, 0.2) is 5.65 Å². The van der Waals surface area contributed by atoms with Crippen LogP contribution in [0.4, 0.5) is 15.8 Å². The zero-order chi connectivity index (χ0) is 24.5. The third kappa shape index (κ3) is 4.69. The molecule has 0 bridgehead atoms. The molecule has 0 aromatic carbocycles. The predicted octanol–water partition coefficient (Wildman–Crippen LogP) is 1.98. The van der Waals surface area contributed by atoms with E-state index in [-0.39, 0.29) is 12.1 Å². The number of pyridine rings is 1. The summed E-state index contributed by atoms with van der Waals surface area (Å²) in [6.45, 7) is 2.30. The first kappa shape index (κ1) is 22.8. The number of carbonyl (C=O) groups is 1. The van der Waals surface area contributed by atoms with Gasteiger partial charge >= 0.3 is 0 Å². The molecule has 11 nitrogen and oxygen atoms in total. The summed E-state index contributed by atoms with van der Waals surface area (Å²) in [5, 5.41) is 32.9. The minimum Gasteiger partial charge on any atom is -0.387 e. The van der Waals surface area contributed by atoms with Crippen molar-refractivity contribution < 1.29 is 14.3 Å². The van der Waals surface area contributed by atoms with E-state index in [1.807, 2.05) is 6.07 Å². The Morgan fingerprint density at radius 2 is 2.03 bits per heavy atom. The first-order valence-electron chi connectivity index (χ1n) is 10.3. The number of alkyl halides is 1. The highest BCUT2D eigenvalue weighted by atomic mass is 19.1. The first-order chi connectivity index (χ1) is 16.2. The molecule has 1 atom stereocenters. The van der Waals surface area contributed by atoms with Crippen molar-refractivity contribution in [2.75, 3.05) is 11.9 Å². The SMILES string of the molecule is Cn1cc(Nc2cc(-c3cnn4cc(C#N)cnc34)ncc2C(=O)NCC(F)C(C)(C)O)cn1. The normalized spacial score (nSPS) is 12.4. The van der Waals surface area contributed by atoms with Gasteiger partial charge in [-0.1, -0.05) is 0 Å². The largest absolute Gasteiger partial charge is 0.387 e. The molecule has 0 aliphatic heterocycles. The molecule has 34 heavy (non-hydrogen) atoms. The Morgan fingerprint density at radius 1 is 1.24 bits per heavy atom. The number of nitriles is 1. The number of nitrogens with zero attached hydrogens (tertiary/aromatic N) is 7. The second-order valence-electron chi connectivity index (χ2n) is 8.25. The molecule has 1 unspecified atom stereocenters. The summed E-state index contributed by atoms with van der Waals surface area (Å²) in [5.74, 6) is -0.561. The van der Waals surface area contributed by atoms with E-state index in [9.17, 15) is 14.3 Å². The van der Waals surface area contributed by atoms with Crippen molar-refractivity contribution in [2.24, 2.45) is 7.05 Å². The average molecular weight is 463 g/mol. The molecule has 0 saturated heterocycles. The van der Waals surface area contributed by atoms with Gasteiger partial charge in [0, 0.05) is 25.6 Å². The minimum absolute atomic E-state index is 0.173. The molecule has 0 saturated carbocycles. The molecule has 4 rings (SSSR count). The van der Waals surface area contributed by atoms with Crippen LogP contribution in [0.5, 0.6) is 0 Å². The summed E-state index contributed by atoms with van der Waals surface area (Å²) >= 11 is 0. The Labute approximate surface area is 193 Å². The molecule has 0 radical (unpaired) electrons. The lowest BCUT2D eigenvalue weighted by molar-refractivity contribution is -0.00177. The Balaban J connectivity index is 1.70. The summed E-state index contributed by atoms with van der Waals surface area (Å²) in [6.07, 6.45) is 7.60. The highest BCUT2D eigenvalue weighted by molar-refractivity contribution is 6.00. The number of aliphatic hydroxyl groups is 1. The van der Waals surface area contributed by atoms with E-state index in [1.54, 1.807) is 42.6 Å². The standard InChI is InChI=1S/C22H22FN9O2/c1-22(2,34)19(23)10-27-21(33)16-8-25-17(4-18(16)30-14-7-28-31(3)12-14)15-9-29-32-11-13(5-24)6-26-20(15)32/h4,6-9,11-12,19,34H,10H2,1-3H3,(H,25,30)(H,27,33). The maximum atomic E-state index is 14.1. The molecule has 1 amide bonds. The van der Waals surface area contributed by atoms with Crippen LogP contribution >= 0.6 is 0 Å². The summed E-state index contributed by atoms with van der Waals surface area (Å²) in [4.78, 5) is 21.5. The van der Waals surface area contributed by atoms with Gasteiger partial charge < -0.3 is 15.7 Å². The van der Waals surface area contributed by atoms with Gasteiger partial charge in [-0.25, -0.2) is 13.9 Å². The monoisotopic (exact) mass is 463 g/mol. The maximum absolute atomic E-state index is 14.1. The van der Waals surface area contributed by atoms with Crippen LogP contribution in [0.25, 0.3) is 16.9 Å². The van der Waals surface area contributed by atoms with E-state index in [0.717, 1.165) is 0 Å². The van der Waals surface area contributed by atoms with Gasteiger partial charge in [0.1, 0.15) is 12.2 Å². The van der Waals surface area contributed by atoms with Gasteiger partial charge in [-0.15, -0.1) is 0 Å². The Hall–Kier alpha value is -4.37. The summed E-state index contributed by atoms with van der Waals surface area (Å²) in [5.41, 5.74) is 1.54. The number of aryl methyl sites for hydroxylation is 1. The molecular weight excluding hydrogens is 441 g/mol. The summed E-state index contributed by atoms with van der Waals surface area (Å²) < 4.78 is 17.2. The second-order valence-corrected chi connectivity index (χ2v) is 8.25. The van der Waals surface area contributed by atoms with Gasteiger partial charge in [-0.2, -0.15) is 15.5 Å². The predicted molar refractivity (Wildman–Crippen MR) is 121 cm³/mol. The smallest absolute Gasteiger partial charge is 0.255 e. The van der Waals surface area contributed by atoms with Gasteiger partial charge in [-0.05, 0) is 19.9 Å². The number of nitrogens with one attached hydrogen (secondary N) is 2. The van der Waals surface area contributed by atoms with E-state index in [1.165, 1.54) is 30.8 Å². The molecule has 4 aromatic heterocycles. The fourth-order valence-electron chi connectivity index (χ4n) is 3.17. The second kappa shape index (κ2) is 8.87. The molecule has 4 heterocycles. The fourth-order valence-corrected chi connectivity index (χ4v) is 3.17. The van der Waals surface area contributed by atoms with Crippen LogP contribution in [0.3, 0.4) is 0 Å². The van der Waals surface area contributed by atoms with E-state index < -0.39 is 17.7 Å². The number of halogens is 1. The number of fused-ring (bicyclic) bond motifs is 1. The lowest BCUT2D eigenvalue weighted by Gasteiger charge is -2.22. The molecular formula is C22H22FN9O2. The van der Waals surface area contributed by atoms with Crippen molar-refractivity contribution in [3.63, 3.8) is 0 Å². The van der Waals surface area contributed by atoms with Crippen LogP contribution in [0, 0.1) is 11.3 Å². The van der Waals surface area contributed by atoms with Crippen molar-refractivity contribution in [3.8, 4) is 17.3 Å². The highest BCUT2D eigenvalue weighted by Gasteiger charge is 2.27. The average Bonchev–Trinajstić information content (AvgIpc) is 3.41. The lowest BCUT2D eigenvalue weighted by Crippen LogP contribution is -2.42. The number of amides is 1. The van der Waals surface area contributed by atoms with Crippen LogP contribution in [0.15, 0.2) is 43.2 Å². The Kier molecular flexibility index (Phi) is 5.95. The molecule has 174 valence electrons. The number of anilines is 2. The highest BCUT2D eigenvalue weighted by Crippen LogP contribution is 2.28. The number of hydrogen-bond donors (Lipinski definition) is 3. The minimum atomic E-state index is -1.65. The molecule has 0 aliphatic carbocycles. The molecule has 4 aromatic rings. The molecule has 0 fully saturated rings. The van der Waals surface area contributed by atoms with E-state index in [4.69, 9.17) is 5.26 Å². The number of aromatic nitrogens is 6. The van der Waals surface area contributed by atoms with Crippen LogP contribution in [-0.2, 0) is 7.05 Å². The van der Waals surface area contributed by atoms with Crippen molar-refractivity contribution in [2.45, 2.75) is 25.6 Å². The van der Waals surface area contributed by atoms with Gasteiger partial charge in [0.2, 0.25) is 0 Å². The first-order valence-corrected chi connectivity index (χ1v) is 10.3. The van der Waals surface area contributed by atoms with Crippen LogP contribution in [-0.4, -0.2) is 58.7 Å². The Morgan fingerprint density at radius 3 is 2.71 bits per heavy atom. The molecule has 3 N–H and O–H groups in total. The molecule has 0 spiro atoms. The zero-order valence-electron chi connectivity index (χ0n) is 18.7. The summed E-state index contributed by atoms with van der Waals surface area (Å²) in [6, 6.07) is 3.67. The number of rotatable bonds is 7. The summed E-state index contributed by atoms with van der Waals surface area (Å²) in [7, 11) is 1.76. The van der Waals surface area contributed by atoms with E-state index >= 15 is 0 Å². The number of hydrogen-bond acceptors (Lipinski definition) is 8. The number of carbonyl (C=O) groups excluding carboxylic acids is 1. The fraction of sp³-hybridized carbons (Fsp3) is 0.273. The van der Waals surface area contributed by atoms with Crippen LogP contribution < -0.4 is 10.6 Å². The quantitative estimate of drug-likeness (QED) is 0.377.